The van der Waals surface area contributed by atoms with Crippen molar-refractivity contribution < 1.29 is 27.9 Å². The minimum absolute atomic E-state index is 0.262. The van der Waals surface area contributed by atoms with Gasteiger partial charge in [-0.2, -0.15) is 0 Å². The second-order valence-electron chi connectivity index (χ2n) is 6.37. The van der Waals surface area contributed by atoms with Crippen LogP contribution < -0.4 is 15.7 Å². The zero-order chi connectivity index (χ0) is 21.0. The van der Waals surface area contributed by atoms with Crippen LogP contribution in [0.15, 0.2) is 51.7 Å². The fourth-order valence-electron chi connectivity index (χ4n) is 2.59. The number of benzene rings is 2. The molecule has 1 heterocycles. The highest BCUT2D eigenvalue weighted by molar-refractivity contribution is 5.92. The molecule has 0 saturated heterocycles. The van der Waals surface area contributed by atoms with Crippen molar-refractivity contribution in [3.05, 3.63) is 69.8 Å². The molecule has 0 atom stereocenters. The van der Waals surface area contributed by atoms with Gasteiger partial charge in [-0.05, 0) is 49.2 Å². The molecule has 3 rings (SSSR count). The molecule has 0 saturated carbocycles. The minimum atomic E-state index is -0.763. The first-order chi connectivity index (χ1) is 13.8. The lowest BCUT2D eigenvalue weighted by atomic mass is 10.1. The molecule has 0 aliphatic carbocycles. The van der Waals surface area contributed by atoms with Crippen molar-refractivity contribution in [2.75, 3.05) is 18.5 Å². The number of carbonyl (C=O) groups excluding carboxylic acids is 2. The van der Waals surface area contributed by atoms with Gasteiger partial charge in [-0.1, -0.05) is 6.07 Å². The molecule has 0 unspecified atom stereocenters. The Kier molecular flexibility index (Phi) is 5.92. The Hall–Kier alpha value is -3.68. The van der Waals surface area contributed by atoms with E-state index >= 15 is 0 Å². The quantitative estimate of drug-likeness (QED) is 0.506. The molecule has 7 nitrogen and oxygen atoms in total. The van der Waals surface area contributed by atoms with Gasteiger partial charge in [-0.15, -0.1) is 0 Å². The average molecular weight is 399 g/mol. The van der Waals surface area contributed by atoms with Crippen LogP contribution in [0.2, 0.25) is 0 Å². The molecule has 0 radical (unpaired) electrons. The Morgan fingerprint density at radius 2 is 1.83 bits per heavy atom. The van der Waals surface area contributed by atoms with Crippen LogP contribution in [0.1, 0.15) is 11.1 Å². The second-order valence-corrected chi connectivity index (χ2v) is 6.37. The van der Waals surface area contributed by atoms with Crippen molar-refractivity contribution >= 4 is 28.5 Å². The molecule has 1 N–H and O–H groups in total. The highest BCUT2D eigenvalue weighted by atomic mass is 19.1. The first-order valence-electron chi connectivity index (χ1n) is 8.71. The predicted molar refractivity (Wildman–Crippen MR) is 103 cm³/mol. The first kappa shape index (κ1) is 20.1. The molecule has 29 heavy (non-hydrogen) atoms. The minimum Gasteiger partial charge on any atom is -0.482 e. The summed E-state index contributed by atoms with van der Waals surface area (Å²) in [5, 5.41) is 3.18. The molecule has 0 aliphatic rings. The van der Waals surface area contributed by atoms with Crippen molar-refractivity contribution in [1.82, 2.24) is 0 Å². The summed E-state index contributed by atoms with van der Waals surface area (Å²) in [4.78, 5) is 35.0. The highest BCUT2D eigenvalue weighted by Gasteiger charge is 2.11. The number of fused-ring (bicyclic) bond motifs is 1. The van der Waals surface area contributed by atoms with Crippen molar-refractivity contribution in [1.29, 1.82) is 0 Å². The van der Waals surface area contributed by atoms with Gasteiger partial charge in [0.2, 0.25) is 0 Å². The number of nitrogens with one attached hydrogen (secondary N) is 1. The summed E-state index contributed by atoms with van der Waals surface area (Å²) in [5.74, 6) is -1.51. The highest BCUT2D eigenvalue weighted by Crippen LogP contribution is 2.22. The van der Waals surface area contributed by atoms with Gasteiger partial charge in [-0.25, -0.2) is 14.0 Å². The first-order valence-corrected chi connectivity index (χ1v) is 8.71. The normalized spacial score (nSPS) is 10.6. The Bertz CT molecular complexity index is 1140. The zero-order valence-electron chi connectivity index (χ0n) is 15.8. The Labute approximate surface area is 165 Å². The summed E-state index contributed by atoms with van der Waals surface area (Å²) in [6, 6.07) is 10.5. The Balaban J connectivity index is 1.50. The van der Waals surface area contributed by atoms with Gasteiger partial charge in [0.1, 0.15) is 17.1 Å². The lowest BCUT2D eigenvalue weighted by Gasteiger charge is -2.09. The molecule has 0 spiro atoms. The van der Waals surface area contributed by atoms with Crippen LogP contribution in [0.4, 0.5) is 10.1 Å². The molecular weight excluding hydrogens is 381 g/mol. The van der Waals surface area contributed by atoms with Crippen LogP contribution in [0, 0.1) is 19.7 Å². The summed E-state index contributed by atoms with van der Waals surface area (Å²) in [6.45, 7) is 2.41. The van der Waals surface area contributed by atoms with Crippen LogP contribution in [-0.2, 0) is 14.3 Å². The van der Waals surface area contributed by atoms with Crippen molar-refractivity contribution in [3.63, 3.8) is 0 Å². The van der Waals surface area contributed by atoms with Gasteiger partial charge in [0.15, 0.2) is 13.2 Å². The standard InChI is InChI=1S/C21H18FNO6/c1-12-3-4-14(8-17(12)22)23-19(24)10-28-21(26)11-27-15-5-6-16-13(2)7-20(25)29-18(16)9-15/h3-9H,10-11H2,1-2H3,(H,23,24). The summed E-state index contributed by atoms with van der Waals surface area (Å²) < 4.78 is 28.7. The molecule has 150 valence electrons. The lowest BCUT2D eigenvalue weighted by Crippen LogP contribution is -2.23. The monoisotopic (exact) mass is 399 g/mol. The van der Waals surface area contributed by atoms with Gasteiger partial charge in [0.25, 0.3) is 5.91 Å². The van der Waals surface area contributed by atoms with Crippen molar-refractivity contribution in [2.45, 2.75) is 13.8 Å². The summed E-state index contributed by atoms with van der Waals surface area (Å²) in [6.07, 6.45) is 0. The largest absolute Gasteiger partial charge is 0.482 e. The third-order valence-corrected chi connectivity index (χ3v) is 4.10. The maximum Gasteiger partial charge on any atom is 0.344 e. The van der Waals surface area contributed by atoms with Crippen LogP contribution in [0.25, 0.3) is 11.0 Å². The summed E-state index contributed by atoms with van der Waals surface area (Å²) in [5.41, 5.74) is 1.34. The molecule has 1 amide bonds. The van der Waals surface area contributed by atoms with Gasteiger partial charge in [-0.3, -0.25) is 4.79 Å². The number of hydrogen-bond acceptors (Lipinski definition) is 6. The molecule has 8 heteroatoms. The van der Waals surface area contributed by atoms with Gasteiger partial charge >= 0.3 is 11.6 Å². The topological polar surface area (TPSA) is 94.8 Å². The van der Waals surface area contributed by atoms with E-state index in [0.29, 0.717) is 16.9 Å². The molecule has 0 bridgehead atoms. The van der Waals surface area contributed by atoms with Crippen LogP contribution in [0.3, 0.4) is 0 Å². The third kappa shape index (κ3) is 5.19. The van der Waals surface area contributed by atoms with E-state index in [9.17, 15) is 18.8 Å². The number of hydrogen-bond donors (Lipinski definition) is 1. The van der Waals surface area contributed by atoms with Gasteiger partial charge in [0, 0.05) is 23.2 Å². The fraction of sp³-hybridized carbons (Fsp3) is 0.190. The van der Waals surface area contributed by atoms with E-state index in [1.165, 1.54) is 24.3 Å². The number of carbonyl (C=O) groups is 2. The van der Waals surface area contributed by atoms with E-state index in [-0.39, 0.29) is 5.69 Å². The molecule has 0 fully saturated rings. The van der Waals surface area contributed by atoms with Crippen molar-refractivity contribution in [3.8, 4) is 5.75 Å². The third-order valence-electron chi connectivity index (χ3n) is 4.10. The fourth-order valence-corrected chi connectivity index (χ4v) is 2.59. The maximum atomic E-state index is 13.5. The van der Waals surface area contributed by atoms with E-state index in [2.05, 4.69) is 5.32 Å². The van der Waals surface area contributed by atoms with Crippen LogP contribution in [0.5, 0.6) is 5.75 Å². The number of rotatable bonds is 6. The Morgan fingerprint density at radius 1 is 1.03 bits per heavy atom. The number of anilines is 1. The number of ether oxygens (including phenoxy) is 2. The number of esters is 1. The zero-order valence-corrected chi connectivity index (χ0v) is 15.8. The van der Waals surface area contributed by atoms with Gasteiger partial charge in [0.05, 0.1) is 0 Å². The summed E-state index contributed by atoms with van der Waals surface area (Å²) in [7, 11) is 0. The van der Waals surface area contributed by atoms with Gasteiger partial charge < -0.3 is 19.2 Å². The van der Waals surface area contributed by atoms with Crippen molar-refractivity contribution in [2.24, 2.45) is 0 Å². The van der Waals surface area contributed by atoms with Crippen LogP contribution in [-0.4, -0.2) is 25.1 Å². The molecule has 0 aliphatic heterocycles. The molecular formula is C21H18FNO6. The molecule has 3 aromatic rings. The van der Waals surface area contributed by atoms with E-state index in [1.807, 2.05) is 0 Å². The SMILES string of the molecule is Cc1ccc(NC(=O)COC(=O)COc2ccc3c(C)cc(=O)oc3c2)cc1F. The van der Waals surface area contributed by atoms with E-state index in [1.54, 1.807) is 32.0 Å². The second kappa shape index (κ2) is 8.55. The maximum absolute atomic E-state index is 13.5. The smallest absolute Gasteiger partial charge is 0.344 e. The van der Waals surface area contributed by atoms with E-state index in [4.69, 9.17) is 13.9 Å². The number of aryl methyl sites for hydroxylation is 2. The molecule has 2 aromatic carbocycles. The average Bonchev–Trinajstić information content (AvgIpc) is 2.67. The summed E-state index contributed by atoms with van der Waals surface area (Å²) >= 11 is 0. The number of amides is 1. The Morgan fingerprint density at radius 3 is 2.59 bits per heavy atom. The molecule has 1 aromatic heterocycles. The van der Waals surface area contributed by atoms with E-state index < -0.39 is 36.5 Å². The lowest BCUT2D eigenvalue weighted by molar-refractivity contribution is -0.149. The number of halogens is 1. The van der Waals surface area contributed by atoms with E-state index in [0.717, 1.165) is 10.9 Å². The predicted octanol–water partition coefficient (Wildman–Crippen LogP) is 3.11. The van der Waals surface area contributed by atoms with Crippen LogP contribution >= 0.6 is 0 Å².